The zero-order chi connectivity index (χ0) is 38.9. The van der Waals surface area contributed by atoms with Crippen LogP contribution in [0.3, 0.4) is 0 Å². The lowest BCUT2D eigenvalue weighted by Gasteiger charge is -2.15. The predicted molar refractivity (Wildman–Crippen MR) is 220 cm³/mol. The third-order valence-electron chi connectivity index (χ3n) is 9.68. The number of unbranched alkanes of at least 4 members (excludes halogenated alkanes) is 27. The zero-order valence-electron chi connectivity index (χ0n) is 34.5. The van der Waals surface area contributed by atoms with Gasteiger partial charge >= 0.3 is 13.8 Å². The van der Waals surface area contributed by atoms with Crippen molar-refractivity contribution in [2.45, 2.75) is 225 Å². The van der Waals surface area contributed by atoms with Gasteiger partial charge in [0.1, 0.15) is 12.7 Å². The molecule has 0 saturated heterocycles. The van der Waals surface area contributed by atoms with Gasteiger partial charge < -0.3 is 20.1 Å². The van der Waals surface area contributed by atoms with Gasteiger partial charge in [0, 0.05) is 19.4 Å². The fourth-order valence-corrected chi connectivity index (χ4v) is 7.08. The molecule has 2 unspecified atom stereocenters. The van der Waals surface area contributed by atoms with E-state index in [4.69, 9.17) is 13.8 Å². The van der Waals surface area contributed by atoms with Crippen molar-refractivity contribution in [1.29, 1.82) is 0 Å². The third kappa shape index (κ3) is 41.7. The van der Waals surface area contributed by atoms with Gasteiger partial charge in [0.25, 0.3) is 0 Å². The summed E-state index contributed by atoms with van der Waals surface area (Å²) in [5.74, 6) is -0.519. The highest BCUT2D eigenvalue weighted by Gasteiger charge is 2.23. The first kappa shape index (κ1) is 51.8. The lowest BCUT2D eigenvalue weighted by Crippen LogP contribution is -2.27. The highest BCUT2D eigenvalue weighted by Crippen LogP contribution is 2.42. The third-order valence-corrected chi connectivity index (χ3v) is 10.7. The highest BCUT2D eigenvalue weighted by molar-refractivity contribution is 7.47. The molecule has 10 heteroatoms. The maximum atomic E-state index is 12.1. The maximum absolute atomic E-state index is 12.1. The van der Waals surface area contributed by atoms with E-state index >= 15 is 0 Å². The van der Waals surface area contributed by atoms with Gasteiger partial charge in [-0.3, -0.25) is 18.6 Å². The first-order valence-electron chi connectivity index (χ1n) is 22.2. The second kappa shape index (κ2) is 40.4. The number of ether oxygens (including phenoxy) is 1. The molecule has 0 bridgehead atoms. The Balaban J connectivity index is 3.52. The molecule has 0 radical (unpaired) electrons. The van der Waals surface area contributed by atoms with E-state index in [1.807, 2.05) is 0 Å². The number of rotatable bonds is 42. The average Bonchev–Trinajstić information content (AvgIpc) is 3.14. The van der Waals surface area contributed by atoms with E-state index in [1.165, 1.54) is 135 Å². The Hall–Kier alpha value is -1.25. The van der Waals surface area contributed by atoms with E-state index in [1.54, 1.807) is 0 Å². The van der Waals surface area contributed by atoms with Crippen molar-refractivity contribution in [2.24, 2.45) is 0 Å². The summed E-state index contributed by atoms with van der Waals surface area (Å²) in [5.41, 5.74) is 0. The van der Waals surface area contributed by atoms with E-state index < -0.39 is 26.5 Å². The monoisotopic (exact) mass is 774 g/mol. The number of allylic oxidation sites excluding steroid dienone is 2. The SMILES string of the molecule is CCC/C=C\CCCCCCCC(=O)NCCOP(=O)(O)OCC(O)COC(=O)CCCCCCCCCCCCCCCCCCCCCCCC. The van der Waals surface area contributed by atoms with Crippen LogP contribution in [-0.2, 0) is 27.9 Å². The summed E-state index contributed by atoms with van der Waals surface area (Å²) >= 11 is 0. The van der Waals surface area contributed by atoms with Gasteiger partial charge in [0.2, 0.25) is 5.91 Å². The molecular formula is C43H84NO8P. The molecule has 1 amide bonds. The number of carbonyl (C=O) groups is 2. The first-order valence-corrected chi connectivity index (χ1v) is 23.7. The second-order valence-electron chi connectivity index (χ2n) is 15.0. The Kier molecular flexibility index (Phi) is 39.5. The molecule has 314 valence electrons. The molecule has 2 atom stereocenters. The molecule has 0 fully saturated rings. The van der Waals surface area contributed by atoms with Crippen molar-refractivity contribution in [2.75, 3.05) is 26.4 Å². The van der Waals surface area contributed by atoms with Crippen LogP contribution in [-0.4, -0.2) is 54.3 Å². The molecule has 0 aromatic heterocycles. The van der Waals surface area contributed by atoms with Crippen molar-refractivity contribution in [3.05, 3.63) is 12.2 Å². The average molecular weight is 774 g/mol. The zero-order valence-corrected chi connectivity index (χ0v) is 35.4. The summed E-state index contributed by atoms with van der Waals surface area (Å²) in [7, 11) is -4.41. The van der Waals surface area contributed by atoms with Crippen LogP contribution in [0.4, 0.5) is 0 Å². The van der Waals surface area contributed by atoms with Gasteiger partial charge in [-0.15, -0.1) is 0 Å². The van der Waals surface area contributed by atoms with E-state index in [0.29, 0.717) is 6.42 Å². The summed E-state index contributed by atoms with van der Waals surface area (Å²) in [4.78, 5) is 33.8. The van der Waals surface area contributed by atoms with E-state index in [0.717, 1.165) is 57.8 Å². The van der Waals surface area contributed by atoms with E-state index in [2.05, 4.69) is 31.3 Å². The van der Waals surface area contributed by atoms with Crippen LogP contribution in [0, 0.1) is 0 Å². The molecule has 0 aliphatic carbocycles. The molecule has 53 heavy (non-hydrogen) atoms. The number of hydrogen-bond acceptors (Lipinski definition) is 7. The van der Waals surface area contributed by atoms with Gasteiger partial charge in [-0.2, -0.15) is 0 Å². The Morgan fingerprint density at radius 3 is 1.49 bits per heavy atom. The van der Waals surface area contributed by atoms with Gasteiger partial charge in [-0.05, 0) is 32.1 Å². The molecule has 0 saturated carbocycles. The van der Waals surface area contributed by atoms with Crippen LogP contribution in [0.1, 0.15) is 219 Å². The maximum Gasteiger partial charge on any atom is 0.472 e. The molecule has 0 aliphatic heterocycles. The Morgan fingerprint density at radius 1 is 0.566 bits per heavy atom. The largest absolute Gasteiger partial charge is 0.472 e. The van der Waals surface area contributed by atoms with E-state index in [9.17, 15) is 24.2 Å². The molecule has 3 N–H and O–H groups in total. The number of nitrogens with one attached hydrogen (secondary N) is 1. The van der Waals surface area contributed by atoms with Crippen LogP contribution in [0.2, 0.25) is 0 Å². The number of aliphatic hydroxyl groups is 1. The Bertz CT molecular complexity index is 886. The topological polar surface area (TPSA) is 131 Å². The normalized spacial score (nSPS) is 13.4. The highest BCUT2D eigenvalue weighted by atomic mass is 31.2. The smallest absolute Gasteiger partial charge is 0.463 e. The molecule has 0 aliphatic rings. The van der Waals surface area contributed by atoms with Crippen molar-refractivity contribution >= 4 is 19.7 Å². The number of esters is 1. The lowest BCUT2D eigenvalue weighted by molar-refractivity contribution is -0.147. The van der Waals surface area contributed by atoms with Crippen molar-refractivity contribution < 1.29 is 37.9 Å². The van der Waals surface area contributed by atoms with E-state index in [-0.39, 0.29) is 32.1 Å². The summed E-state index contributed by atoms with van der Waals surface area (Å²) in [6.07, 6.45) is 41.6. The minimum Gasteiger partial charge on any atom is -0.463 e. The minimum atomic E-state index is -4.41. The van der Waals surface area contributed by atoms with Gasteiger partial charge in [0.05, 0.1) is 13.2 Å². The van der Waals surface area contributed by atoms with Gasteiger partial charge in [0.15, 0.2) is 0 Å². The number of amides is 1. The van der Waals surface area contributed by atoms with Crippen LogP contribution >= 0.6 is 7.82 Å². The first-order chi connectivity index (χ1) is 25.8. The standard InChI is InChI=1S/C43H84NO8P/c1-3-5-7-9-11-13-15-16-17-18-19-20-21-22-23-24-25-26-28-30-32-34-36-43(47)50-39-41(45)40-52-53(48,49)51-38-37-44-42(46)35-33-31-29-27-14-12-10-8-6-4-2/h8,10,41,45H,3-7,9,11-40H2,1-2H3,(H,44,46)(H,48,49)/b10-8-. The molecule has 0 spiro atoms. The number of carbonyl (C=O) groups excluding carboxylic acids is 2. The Morgan fingerprint density at radius 2 is 1.00 bits per heavy atom. The Labute approximate surface area is 326 Å². The van der Waals surface area contributed by atoms with Gasteiger partial charge in [-0.1, -0.05) is 187 Å². The van der Waals surface area contributed by atoms with Crippen LogP contribution in [0.15, 0.2) is 12.2 Å². The molecular weight excluding hydrogens is 689 g/mol. The van der Waals surface area contributed by atoms with Crippen molar-refractivity contribution in [3.63, 3.8) is 0 Å². The van der Waals surface area contributed by atoms with Crippen LogP contribution in [0.25, 0.3) is 0 Å². The second-order valence-corrected chi connectivity index (χ2v) is 16.5. The fourth-order valence-electron chi connectivity index (χ4n) is 6.33. The molecule has 0 heterocycles. The van der Waals surface area contributed by atoms with Crippen LogP contribution < -0.4 is 5.32 Å². The predicted octanol–water partition coefficient (Wildman–Crippen LogP) is 12.2. The molecule has 0 aromatic carbocycles. The van der Waals surface area contributed by atoms with Gasteiger partial charge in [-0.25, -0.2) is 4.57 Å². The fraction of sp³-hybridized carbons (Fsp3) is 0.907. The van der Waals surface area contributed by atoms with Crippen molar-refractivity contribution in [3.8, 4) is 0 Å². The van der Waals surface area contributed by atoms with Crippen LogP contribution in [0.5, 0.6) is 0 Å². The number of hydrogen-bond donors (Lipinski definition) is 3. The molecule has 9 nitrogen and oxygen atoms in total. The quantitative estimate of drug-likeness (QED) is 0.0242. The number of phosphoric acid groups is 1. The van der Waals surface area contributed by atoms with Crippen molar-refractivity contribution in [1.82, 2.24) is 5.32 Å². The summed E-state index contributed by atoms with van der Waals surface area (Å²) in [5, 5.41) is 12.7. The number of aliphatic hydroxyl groups excluding tert-OH is 1. The molecule has 0 aromatic rings. The summed E-state index contributed by atoms with van der Waals surface area (Å²) in [6, 6.07) is 0. The summed E-state index contributed by atoms with van der Waals surface area (Å²) in [6.45, 7) is 3.51. The number of phosphoric ester groups is 1. The summed E-state index contributed by atoms with van der Waals surface area (Å²) < 4.78 is 26.8. The minimum absolute atomic E-state index is 0.0799. The molecule has 0 rings (SSSR count). The lowest BCUT2D eigenvalue weighted by atomic mass is 10.0.